The number of nitrogen functional groups attached to an aromatic ring is 1. The minimum atomic E-state index is 0.0920. The molecule has 1 fully saturated rings. The number of amides is 1. The molecule has 0 bridgehead atoms. The molecule has 0 radical (unpaired) electrons. The molecule has 1 atom stereocenters. The van der Waals surface area contributed by atoms with Gasteiger partial charge in [0.05, 0.1) is 5.69 Å². The molecule has 1 aliphatic heterocycles. The number of piperazine rings is 1. The second-order valence-electron chi connectivity index (χ2n) is 5.35. The van der Waals surface area contributed by atoms with Crippen molar-refractivity contribution in [1.82, 2.24) is 9.80 Å². The van der Waals surface area contributed by atoms with Gasteiger partial charge in [0.25, 0.3) is 5.91 Å². The highest BCUT2D eigenvalue weighted by Gasteiger charge is 2.31. The van der Waals surface area contributed by atoms with E-state index in [-0.39, 0.29) is 5.91 Å². The lowest BCUT2D eigenvalue weighted by molar-refractivity contribution is 0.0376. The van der Waals surface area contributed by atoms with Crippen LogP contribution >= 0.6 is 11.3 Å². The molecule has 1 saturated heterocycles. The first-order valence-corrected chi connectivity index (χ1v) is 7.80. The summed E-state index contributed by atoms with van der Waals surface area (Å²) in [6.07, 6.45) is 1.07. The van der Waals surface area contributed by atoms with Crippen molar-refractivity contribution in [3.8, 4) is 0 Å². The van der Waals surface area contributed by atoms with E-state index in [9.17, 15) is 4.79 Å². The van der Waals surface area contributed by atoms with E-state index in [1.165, 1.54) is 11.3 Å². The van der Waals surface area contributed by atoms with Crippen molar-refractivity contribution in [3.05, 3.63) is 16.3 Å². The molecule has 0 saturated carbocycles. The summed E-state index contributed by atoms with van der Waals surface area (Å²) >= 11 is 1.44. The maximum absolute atomic E-state index is 12.5. The first-order chi connectivity index (χ1) is 9.04. The van der Waals surface area contributed by atoms with Crippen LogP contribution in [0.3, 0.4) is 0 Å². The zero-order valence-electron chi connectivity index (χ0n) is 11.9. The van der Waals surface area contributed by atoms with E-state index in [0.29, 0.717) is 22.6 Å². The number of thiophene rings is 1. The number of anilines is 1. The molecule has 1 aliphatic rings. The Bertz CT molecular complexity index is 444. The quantitative estimate of drug-likeness (QED) is 0.924. The Balaban J connectivity index is 2.08. The second-order valence-corrected chi connectivity index (χ2v) is 6.27. The Labute approximate surface area is 119 Å². The van der Waals surface area contributed by atoms with Gasteiger partial charge in [0.15, 0.2) is 0 Å². The number of nitrogens with two attached hydrogens (primary N) is 1. The molecular weight excluding hydrogens is 258 g/mol. The van der Waals surface area contributed by atoms with Crippen LogP contribution in [0.5, 0.6) is 0 Å². The minimum Gasteiger partial charge on any atom is -0.397 e. The Kier molecular flexibility index (Phi) is 4.47. The summed E-state index contributed by atoms with van der Waals surface area (Å²) in [5, 5.41) is 1.88. The van der Waals surface area contributed by atoms with Gasteiger partial charge in [-0.1, -0.05) is 6.92 Å². The lowest BCUT2D eigenvalue weighted by Crippen LogP contribution is -2.56. The molecule has 106 valence electrons. The van der Waals surface area contributed by atoms with E-state index in [4.69, 9.17) is 5.73 Å². The van der Waals surface area contributed by atoms with Gasteiger partial charge in [0.1, 0.15) is 4.88 Å². The van der Waals surface area contributed by atoms with Gasteiger partial charge in [0, 0.05) is 31.7 Å². The van der Waals surface area contributed by atoms with Crippen LogP contribution in [0.4, 0.5) is 5.69 Å². The predicted octanol–water partition coefficient (Wildman–Crippen LogP) is 2.28. The maximum atomic E-state index is 12.5. The largest absolute Gasteiger partial charge is 0.397 e. The van der Waals surface area contributed by atoms with Crippen LogP contribution in [0.25, 0.3) is 0 Å². The molecule has 0 unspecified atom stereocenters. The molecule has 5 heteroatoms. The fraction of sp³-hybridized carbons (Fsp3) is 0.643. The van der Waals surface area contributed by atoms with Crippen LogP contribution in [0, 0.1) is 0 Å². The molecule has 0 aliphatic carbocycles. The zero-order valence-corrected chi connectivity index (χ0v) is 12.7. The predicted molar refractivity (Wildman–Crippen MR) is 80.6 cm³/mol. The smallest absolute Gasteiger partial charge is 0.266 e. The van der Waals surface area contributed by atoms with E-state index < -0.39 is 0 Å². The summed E-state index contributed by atoms with van der Waals surface area (Å²) in [4.78, 5) is 17.6. The van der Waals surface area contributed by atoms with Crippen molar-refractivity contribution < 1.29 is 4.79 Å². The van der Waals surface area contributed by atoms with Gasteiger partial charge in [-0.05, 0) is 31.7 Å². The molecule has 2 N–H and O–H groups in total. The molecule has 1 amide bonds. The van der Waals surface area contributed by atoms with Crippen molar-refractivity contribution in [2.24, 2.45) is 0 Å². The van der Waals surface area contributed by atoms with Crippen LogP contribution in [0.1, 0.15) is 36.9 Å². The highest BCUT2D eigenvalue weighted by molar-refractivity contribution is 7.12. The van der Waals surface area contributed by atoms with E-state index in [1.807, 2.05) is 10.3 Å². The van der Waals surface area contributed by atoms with Crippen LogP contribution in [-0.2, 0) is 0 Å². The molecule has 1 aromatic rings. The summed E-state index contributed by atoms with van der Waals surface area (Å²) in [5.74, 6) is 0.0920. The summed E-state index contributed by atoms with van der Waals surface area (Å²) in [5.41, 5.74) is 6.45. The van der Waals surface area contributed by atoms with Gasteiger partial charge < -0.3 is 10.6 Å². The second kappa shape index (κ2) is 5.92. The Morgan fingerprint density at radius 1 is 1.53 bits per heavy atom. The number of nitrogens with zero attached hydrogens (tertiary/aromatic N) is 2. The van der Waals surface area contributed by atoms with Crippen LogP contribution < -0.4 is 5.73 Å². The van der Waals surface area contributed by atoms with Gasteiger partial charge in [-0.25, -0.2) is 0 Å². The monoisotopic (exact) mass is 281 g/mol. The van der Waals surface area contributed by atoms with Gasteiger partial charge in [-0.2, -0.15) is 0 Å². The van der Waals surface area contributed by atoms with Crippen molar-refractivity contribution in [1.29, 1.82) is 0 Å². The average molecular weight is 281 g/mol. The normalized spacial score (nSPS) is 21.1. The fourth-order valence-electron chi connectivity index (χ4n) is 2.73. The Morgan fingerprint density at radius 2 is 2.26 bits per heavy atom. The van der Waals surface area contributed by atoms with E-state index in [1.54, 1.807) is 6.07 Å². The lowest BCUT2D eigenvalue weighted by Gasteiger charge is -2.43. The first kappa shape index (κ1) is 14.3. The average Bonchev–Trinajstić information content (AvgIpc) is 2.83. The summed E-state index contributed by atoms with van der Waals surface area (Å²) in [7, 11) is 0. The van der Waals surface area contributed by atoms with Crippen LogP contribution in [0.15, 0.2) is 11.4 Å². The summed E-state index contributed by atoms with van der Waals surface area (Å²) in [6.45, 7) is 9.19. The molecule has 2 rings (SSSR count). The third kappa shape index (κ3) is 2.92. The van der Waals surface area contributed by atoms with Gasteiger partial charge >= 0.3 is 0 Å². The van der Waals surface area contributed by atoms with Crippen molar-refractivity contribution in [2.45, 2.75) is 39.3 Å². The SMILES string of the molecule is CC[C@@H]1CN(C(=O)c2sccc2N)CCN1C(C)C. The third-order valence-corrected chi connectivity index (χ3v) is 4.76. The number of rotatable bonds is 3. The topological polar surface area (TPSA) is 49.6 Å². The first-order valence-electron chi connectivity index (χ1n) is 6.92. The van der Waals surface area contributed by atoms with Gasteiger partial charge in [-0.3, -0.25) is 9.69 Å². The highest BCUT2D eigenvalue weighted by Crippen LogP contribution is 2.23. The standard InChI is InChI=1S/C14H23N3OS/c1-4-11-9-16(6-7-17(11)10(2)3)14(18)13-12(15)5-8-19-13/h5,8,10-11H,4,6-7,9,15H2,1-3H3/t11-/m1/s1. The molecule has 1 aromatic heterocycles. The van der Waals surface area contributed by atoms with E-state index in [2.05, 4.69) is 25.7 Å². The van der Waals surface area contributed by atoms with Crippen LogP contribution in [0.2, 0.25) is 0 Å². The van der Waals surface area contributed by atoms with E-state index >= 15 is 0 Å². The third-order valence-electron chi connectivity index (χ3n) is 3.84. The maximum Gasteiger partial charge on any atom is 0.266 e. The Hall–Kier alpha value is -1.07. The summed E-state index contributed by atoms with van der Waals surface area (Å²) in [6, 6.07) is 2.80. The van der Waals surface area contributed by atoms with Crippen LogP contribution in [-0.4, -0.2) is 47.4 Å². The van der Waals surface area contributed by atoms with Crippen molar-refractivity contribution in [3.63, 3.8) is 0 Å². The minimum absolute atomic E-state index is 0.0920. The van der Waals surface area contributed by atoms with E-state index in [0.717, 1.165) is 26.1 Å². The number of hydrogen-bond donors (Lipinski definition) is 1. The molecule has 0 spiro atoms. The number of carbonyl (C=O) groups excluding carboxylic acids is 1. The Morgan fingerprint density at radius 3 is 2.79 bits per heavy atom. The van der Waals surface area contributed by atoms with Crippen molar-refractivity contribution >= 4 is 22.9 Å². The van der Waals surface area contributed by atoms with Gasteiger partial charge in [-0.15, -0.1) is 11.3 Å². The number of carbonyl (C=O) groups is 1. The van der Waals surface area contributed by atoms with Gasteiger partial charge in [0.2, 0.25) is 0 Å². The molecule has 2 heterocycles. The lowest BCUT2D eigenvalue weighted by atomic mass is 10.1. The van der Waals surface area contributed by atoms with Crippen molar-refractivity contribution in [2.75, 3.05) is 25.4 Å². The molecule has 4 nitrogen and oxygen atoms in total. The summed E-state index contributed by atoms with van der Waals surface area (Å²) < 4.78 is 0. The molecule has 0 aromatic carbocycles. The number of hydrogen-bond acceptors (Lipinski definition) is 4. The molecule has 19 heavy (non-hydrogen) atoms. The zero-order chi connectivity index (χ0) is 14.0. The fourth-order valence-corrected chi connectivity index (χ4v) is 3.52. The molecular formula is C14H23N3OS. The highest BCUT2D eigenvalue weighted by atomic mass is 32.1.